The van der Waals surface area contributed by atoms with E-state index in [1.54, 1.807) is 28.6 Å². The van der Waals surface area contributed by atoms with Crippen molar-refractivity contribution in [1.29, 1.82) is 0 Å². The van der Waals surface area contributed by atoms with Gasteiger partial charge in [0.25, 0.3) is 5.69 Å². The zero-order valence-electron chi connectivity index (χ0n) is 13.3. The molecule has 0 spiro atoms. The molecule has 2 heterocycles. The maximum absolute atomic E-state index is 12.7. The van der Waals surface area contributed by atoms with E-state index in [2.05, 4.69) is 4.98 Å². The van der Waals surface area contributed by atoms with E-state index in [1.165, 1.54) is 28.4 Å². The van der Waals surface area contributed by atoms with Gasteiger partial charge in [0.2, 0.25) is 11.8 Å². The fourth-order valence-electron chi connectivity index (χ4n) is 2.63. The van der Waals surface area contributed by atoms with Crippen LogP contribution in [0.15, 0.2) is 35.8 Å². The van der Waals surface area contributed by atoms with Crippen molar-refractivity contribution in [2.75, 3.05) is 18.1 Å². The number of amides is 2. The molecule has 0 radical (unpaired) electrons. The largest absolute Gasteiger partial charge is 0.324 e. The van der Waals surface area contributed by atoms with Crippen molar-refractivity contribution in [3.63, 3.8) is 0 Å². The molecule has 1 aromatic carbocycles. The van der Waals surface area contributed by atoms with Gasteiger partial charge < -0.3 is 4.90 Å². The number of carbonyl (C=O) groups is 2. The number of nitro benzene ring substituents is 1. The summed E-state index contributed by atoms with van der Waals surface area (Å²) >= 11 is 1.33. The van der Waals surface area contributed by atoms with E-state index >= 15 is 0 Å². The Kier molecular flexibility index (Phi) is 5.03. The predicted molar refractivity (Wildman–Crippen MR) is 92.2 cm³/mol. The monoisotopic (exact) mass is 360 g/mol. The van der Waals surface area contributed by atoms with Gasteiger partial charge in [0.15, 0.2) is 5.13 Å². The molecule has 9 heteroatoms. The summed E-state index contributed by atoms with van der Waals surface area (Å²) in [6.07, 6.45) is 2.99. The number of hydrogen-bond donors (Lipinski definition) is 0. The highest BCUT2D eigenvalue weighted by Crippen LogP contribution is 2.21. The lowest BCUT2D eigenvalue weighted by atomic mass is 10.1. The zero-order valence-corrected chi connectivity index (χ0v) is 14.1. The third-order valence-corrected chi connectivity index (χ3v) is 4.73. The van der Waals surface area contributed by atoms with Crippen LogP contribution in [0.5, 0.6) is 0 Å². The van der Waals surface area contributed by atoms with Crippen molar-refractivity contribution in [2.45, 2.75) is 19.3 Å². The van der Waals surface area contributed by atoms with Crippen molar-refractivity contribution < 1.29 is 14.5 Å². The molecule has 25 heavy (non-hydrogen) atoms. The van der Waals surface area contributed by atoms with Crippen LogP contribution >= 0.6 is 11.3 Å². The summed E-state index contributed by atoms with van der Waals surface area (Å²) in [6, 6.07) is 5.88. The summed E-state index contributed by atoms with van der Waals surface area (Å²) in [5, 5.41) is 13.0. The minimum Gasteiger partial charge on any atom is -0.324 e. The lowest BCUT2D eigenvalue weighted by Crippen LogP contribution is -2.43. The van der Waals surface area contributed by atoms with E-state index < -0.39 is 4.92 Å². The fraction of sp³-hybridized carbons (Fsp3) is 0.312. The molecule has 0 N–H and O–H groups in total. The Balaban J connectivity index is 1.74. The Hall–Kier alpha value is -2.81. The maximum Gasteiger partial charge on any atom is 0.269 e. The molecule has 130 valence electrons. The van der Waals surface area contributed by atoms with Crippen LogP contribution < -0.4 is 4.90 Å². The molecule has 1 aromatic heterocycles. The van der Waals surface area contributed by atoms with Gasteiger partial charge >= 0.3 is 0 Å². The van der Waals surface area contributed by atoms with Crippen LogP contribution in [0.2, 0.25) is 0 Å². The Bertz CT molecular complexity index is 776. The highest BCUT2D eigenvalue weighted by atomic mass is 32.1. The number of carbonyl (C=O) groups excluding carboxylic acids is 2. The second-order valence-electron chi connectivity index (χ2n) is 5.64. The molecule has 8 nitrogen and oxygen atoms in total. The van der Waals surface area contributed by atoms with Crippen LogP contribution in [0, 0.1) is 10.1 Å². The summed E-state index contributed by atoms with van der Waals surface area (Å²) in [4.78, 5) is 42.2. The van der Waals surface area contributed by atoms with Gasteiger partial charge in [-0.3, -0.25) is 24.6 Å². The van der Waals surface area contributed by atoms with Gasteiger partial charge in [0.05, 0.1) is 11.3 Å². The number of nitro groups is 1. The highest BCUT2D eigenvalue weighted by Gasteiger charge is 2.26. The van der Waals surface area contributed by atoms with Gasteiger partial charge in [0, 0.05) is 36.7 Å². The molecule has 3 rings (SSSR count). The number of rotatable bonds is 6. The van der Waals surface area contributed by atoms with Crippen molar-refractivity contribution in [1.82, 2.24) is 9.88 Å². The Morgan fingerprint density at radius 3 is 2.68 bits per heavy atom. The third-order valence-electron chi connectivity index (χ3n) is 3.94. The average Bonchev–Trinajstić information content (AvgIpc) is 3.25. The molecule has 0 atom stereocenters. The summed E-state index contributed by atoms with van der Waals surface area (Å²) in [5.74, 6) is -0.173. The number of anilines is 1. The number of thiazole rings is 1. The van der Waals surface area contributed by atoms with Crippen molar-refractivity contribution in [2.24, 2.45) is 0 Å². The number of non-ortho nitro benzene ring substituents is 1. The Morgan fingerprint density at radius 2 is 2.12 bits per heavy atom. The summed E-state index contributed by atoms with van der Waals surface area (Å²) in [6.45, 7) is 0.809. The minimum atomic E-state index is -0.480. The van der Waals surface area contributed by atoms with Gasteiger partial charge in [0.1, 0.15) is 6.67 Å². The molecule has 1 aliphatic rings. The molecule has 1 saturated heterocycles. The van der Waals surface area contributed by atoms with E-state index in [0.717, 1.165) is 6.42 Å². The van der Waals surface area contributed by atoms with Crippen molar-refractivity contribution in [3.8, 4) is 0 Å². The van der Waals surface area contributed by atoms with Crippen LogP contribution in [0.25, 0.3) is 0 Å². The molecule has 1 fully saturated rings. The van der Waals surface area contributed by atoms with E-state index in [9.17, 15) is 19.7 Å². The molecule has 2 amide bonds. The first-order chi connectivity index (χ1) is 12.0. The first-order valence-electron chi connectivity index (χ1n) is 7.75. The number of nitrogens with zero attached hydrogens (tertiary/aromatic N) is 4. The second-order valence-corrected chi connectivity index (χ2v) is 6.51. The number of likely N-dealkylation sites (tertiary alicyclic amines) is 1. The molecule has 0 saturated carbocycles. The predicted octanol–water partition coefficient (Wildman–Crippen LogP) is 2.21. The van der Waals surface area contributed by atoms with E-state index in [4.69, 9.17) is 0 Å². The van der Waals surface area contributed by atoms with Crippen LogP contribution in [0.3, 0.4) is 0 Å². The molecule has 0 unspecified atom stereocenters. The zero-order chi connectivity index (χ0) is 17.8. The van der Waals surface area contributed by atoms with Gasteiger partial charge in [-0.15, -0.1) is 11.3 Å². The van der Waals surface area contributed by atoms with Gasteiger partial charge in [-0.05, 0) is 12.0 Å². The number of benzene rings is 1. The topological polar surface area (TPSA) is 96.7 Å². The first-order valence-corrected chi connectivity index (χ1v) is 8.63. The van der Waals surface area contributed by atoms with Crippen LogP contribution in [0.1, 0.15) is 18.4 Å². The normalized spacial score (nSPS) is 13.9. The fourth-order valence-corrected chi connectivity index (χ4v) is 3.28. The molecular weight excluding hydrogens is 344 g/mol. The quantitative estimate of drug-likeness (QED) is 0.581. The molecule has 0 aliphatic carbocycles. The first kappa shape index (κ1) is 17.0. The van der Waals surface area contributed by atoms with Gasteiger partial charge in [-0.2, -0.15) is 0 Å². The SMILES string of the molecule is O=C1CCCN1CN(C(=O)Cc1ccc([N+](=O)[O-])cc1)c1nccs1. The molecule has 2 aromatic rings. The summed E-state index contributed by atoms with van der Waals surface area (Å²) < 4.78 is 0. The molecular formula is C16H16N4O4S. The maximum atomic E-state index is 12.7. The van der Waals surface area contributed by atoms with E-state index in [-0.39, 0.29) is 30.6 Å². The summed E-state index contributed by atoms with van der Waals surface area (Å²) in [7, 11) is 0. The Labute approximate surface area is 147 Å². The van der Waals surface area contributed by atoms with Crippen LogP contribution in [-0.4, -0.2) is 39.8 Å². The standard InChI is InChI=1S/C16H16N4O4S/c21-14-2-1-8-18(14)11-19(16-17-7-9-25-16)15(22)10-12-3-5-13(6-4-12)20(23)24/h3-7,9H,1-2,8,10-11H2. The van der Waals surface area contributed by atoms with Crippen LogP contribution in [-0.2, 0) is 16.0 Å². The van der Waals surface area contributed by atoms with E-state index in [1.807, 2.05) is 0 Å². The minimum absolute atomic E-state index is 0.0179. The average molecular weight is 360 g/mol. The number of hydrogen-bond acceptors (Lipinski definition) is 6. The van der Waals surface area contributed by atoms with Gasteiger partial charge in [-0.1, -0.05) is 12.1 Å². The highest BCUT2D eigenvalue weighted by molar-refractivity contribution is 7.13. The van der Waals surface area contributed by atoms with Crippen molar-refractivity contribution in [3.05, 3.63) is 51.5 Å². The smallest absolute Gasteiger partial charge is 0.269 e. The lowest BCUT2D eigenvalue weighted by Gasteiger charge is -2.26. The van der Waals surface area contributed by atoms with Gasteiger partial charge in [-0.25, -0.2) is 4.98 Å². The Morgan fingerprint density at radius 1 is 1.36 bits per heavy atom. The van der Waals surface area contributed by atoms with E-state index in [0.29, 0.717) is 23.7 Å². The summed E-state index contributed by atoms with van der Waals surface area (Å²) in [5.41, 5.74) is 0.653. The number of aromatic nitrogens is 1. The second kappa shape index (κ2) is 7.39. The third kappa shape index (κ3) is 4.00. The molecule has 1 aliphatic heterocycles. The van der Waals surface area contributed by atoms with Crippen LogP contribution in [0.4, 0.5) is 10.8 Å². The van der Waals surface area contributed by atoms with Crippen molar-refractivity contribution >= 4 is 34.0 Å². The molecule has 0 bridgehead atoms. The lowest BCUT2D eigenvalue weighted by molar-refractivity contribution is -0.384.